The zero-order valence-corrected chi connectivity index (χ0v) is 7.80. The van der Waals surface area contributed by atoms with Crippen LogP contribution < -0.4 is 5.73 Å². The summed E-state index contributed by atoms with van der Waals surface area (Å²) in [7, 11) is 0. The Kier molecular flexibility index (Phi) is 2.44. The van der Waals surface area contributed by atoms with Gasteiger partial charge in [0.05, 0.1) is 19.3 Å². The lowest BCUT2D eigenvalue weighted by atomic mass is 10.2. The highest BCUT2D eigenvalue weighted by atomic mass is 15.5. The van der Waals surface area contributed by atoms with Crippen molar-refractivity contribution in [3.05, 3.63) is 35.9 Å². The molecule has 1 aromatic rings. The second-order valence-corrected chi connectivity index (χ2v) is 3.02. The Bertz CT molecular complexity index is 356. The molecule has 2 N–H and O–H groups in total. The summed E-state index contributed by atoms with van der Waals surface area (Å²) in [6, 6.07) is 9.91. The van der Waals surface area contributed by atoms with E-state index >= 15 is 0 Å². The van der Waals surface area contributed by atoms with Gasteiger partial charge in [-0.3, -0.25) is 0 Å². The van der Waals surface area contributed by atoms with E-state index in [1.165, 1.54) is 0 Å². The van der Waals surface area contributed by atoms with E-state index in [0.717, 1.165) is 18.7 Å². The Hall–Kier alpha value is -1.84. The highest BCUT2D eigenvalue weighted by Gasteiger charge is 2.10. The first-order valence-corrected chi connectivity index (χ1v) is 4.53. The Morgan fingerprint density at radius 2 is 2.14 bits per heavy atom. The molecule has 0 radical (unpaired) electrons. The molecule has 0 saturated heterocycles. The quantitative estimate of drug-likeness (QED) is 0.693. The number of hydrazone groups is 1. The molecule has 4 nitrogen and oxygen atoms in total. The van der Waals surface area contributed by atoms with Crippen molar-refractivity contribution < 1.29 is 0 Å². The fourth-order valence-corrected chi connectivity index (χ4v) is 1.25. The molecule has 0 spiro atoms. The average molecular weight is 188 g/mol. The maximum Gasteiger partial charge on any atom is 0.212 e. The molecule has 0 amide bonds. The number of aliphatic imine (C=N–C) groups is 1. The lowest BCUT2D eigenvalue weighted by Crippen LogP contribution is -2.29. The van der Waals surface area contributed by atoms with Crippen LogP contribution in [0.15, 0.2) is 40.4 Å². The van der Waals surface area contributed by atoms with Crippen molar-refractivity contribution in [2.45, 2.75) is 0 Å². The molecule has 2 rings (SSSR count). The zero-order valence-electron chi connectivity index (χ0n) is 7.80. The summed E-state index contributed by atoms with van der Waals surface area (Å²) < 4.78 is 0. The van der Waals surface area contributed by atoms with Crippen molar-refractivity contribution in [2.75, 3.05) is 13.1 Å². The normalized spacial score (nSPS) is 16.3. The summed E-state index contributed by atoms with van der Waals surface area (Å²) in [6.45, 7) is 1.51. The summed E-state index contributed by atoms with van der Waals surface area (Å²) in [4.78, 5) is 4.04. The number of guanidine groups is 1. The largest absolute Gasteiger partial charge is 0.368 e. The second-order valence-electron chi connectivity index (χ2n) is 3.02. The molecular weight excluding hydrogens is 176 g/mol. The summed E-state index contributed by atoms with van der Waals surface area (Å²) >= 11 is 0. The predicted octanol–water partition coefficient (Wildman–Crippen LogP) is 0.651. The van der Waals surface area contributed by atoms with E-state index in [-0.39, 0.29) is 0 Å². The molecule has 0 unspecified atom stereocenters. The Morgan fingerprint density at radius 1 is 1.36 bits per heavy atom. The fraction of sp³-hybridized carbons (Fsp3) is 0.200. The molecule has 1 heterocycles. The van der Waals surface area contributed by atoms with E-state index in [1.807, 2.05) is 30.3 Å². The molecule has 0 saturated carbocycles. The maximum atomic E-state index is 5.61. The van der Waals surface area contributed by atoms with Crippen LogP contribution in [0.3, 0.4) is 0 Å². The Balaban J connectivity index is 2.04. The van der Waals surface area contributed by atoms with Gasteiger partial charge in [-0.2, -0.15) is 5.10 Å². The van der Waals surface area contributed by atoms with Crippen molar-refractivity contribution in [2.24, 2.45) is 15.8 Å². The maximum absolute atomic E-state index is 5.61. The third-order valence-electron chi connectivity index (χ3n) is 2.00. The van der Waals surface area contributed by atoms with Crippen LogP contribution in [0.25, 0.3) is 0 Å². The number of hydrogen-bond donors (Lipinski definition) is 1. The minimum Gasteiger partial charge on any atom is -0.368 e. The van der Waals surface area contributed by atoms with Crippen molar-refractivity contribution >= 4 is 12.2 Å². The standard InChI is InChI=1S/C10H12N4/c11-10-12-6-7-14(10)13-8-9-4-2-1-3-5-9/h1-5,8H,6-7H2,(H2,11,12). The summed E-state index contributed by atoms with van der Waals surface area (Å²) in [6.07, 6.45) is 1.79. The summed E-state index contributed by atoms with van der Waals surface area (Å²) in [5.41, 5.74) is 6.67. The summed E-state index contributed by atoms with van der Waals surface area (Å²) in [5.74, 6) is 0.497. The van der Waals surface area contributed by atoms with Crippen molar-refractivity contribution in [3.63, 3.8) is 0 Å². The number of nitrogens with zero attached hydrogens (tertiary/aromatic N) is 3. The minimum atomic E-state index is 0.497. The Morgan fingerprint density at radius 3 is 2.79 bits per heavy atom. The van der Waals surface area contributed by atoms with Crippen LogP contribution in [-0.4, -0.2) is 30.3 Å². The van der Waals surface area contributed by atoms with Gasteiger partial charge in [0, 0.05) is 0 Å². The molecule has 4 heteroatoms. The first-order valence-electron chi connectivity index (χ1n) is 4.53. The van der Waals surface area contributed by atoms with Crippen LogP contribution in [0, 0.1) is 0 Å². The lowest BCUT2D eigenvalue weighted by molar-refractivity contribution is 0.487. The molecule has 72 valence electrons. The smallest absolute Gasteiger partial charge is 0.212 e. The molecule has 1 aromatic carbocycles. The molecular formula is C10H12N4. The number of nitrogens with two attached hydrogens (primary N) is 1. The van der Waals surface area contributed by atoms with Gasteiger partial charge in [0.25, 0.3) is 0 Å². The van der Waals surface area contributed by atoms with E-state index in [4.69, 9.17) is 5.73 Å². The topological polar surface area (TPSA) is 54.0 Å². The zero-order chi connectivity index (χ0) is 9.80. The van der Waals surface area contributed by atoms with E-state index in [0.29, 0.717) is 5.96 Å². The van der Waals surface area contributed by atoms with Gasteiger partial charge in [-0.05, 0) is 5.56 Å². The van der Waals surface area contributed by atoms with Gasteiger partial charge in [0.1, 0.15) is 0 Å². The van der Waals surface area contributed by atoms with Gasteiger partial charge in [0.2, 0.25) is 5.96 Å². The van der Waals surface area contributed by atoms with Gasteiger partial charge in [-0.25, -0.2) is 10.0 Å². The van der Waals surface area contributed by atoms with E-state index in [1.54, 1.807) is 11.2 Å². The SMILES string of the molecule is NC1=NCCN1N=Cc1ccccc1. The van der Waals surface area contributed by atoms with Crippen LogP contribution >= 0.6 is 0 Å². The van der Waals surface area contributed by atoms with E-state index in [2.05, 4.69) is 10.1 Å². The summed E-state index contributed by atoms with van der Waals surface area (Å²) in [5, 5.41) is 5.93. The van der Waals surface area contributed by atoms with Crippen LogP contribution in [0.5, 0.6) is 0 Å². The third-order valence-corrected chi connectivity index (χ3v) is 2.00. The Labute approximate surface area is 82.7 Å². The predicted molar refractivity (Wildman–Crippen MR) is 57.2 cm³/mol. The van der Waals surface area contributed by atoms with Crippen LogP contribution in [-0.2, 0) is 0 Å². The van der Waals surface area contributed by atoms with Gasteiger partial charge < -0.3 is 5.73 Å². The molecule has 0 fully saturated rings. The minimum absolute atomic E-state index is 0.497. The molecule has 14 heavy (non-hydrogen) atoms. The van der Waals surface area contributed by atoms with Gasteiger partial charge >= 0.3 is 0 Å². The van der Waals surface area contributed by atoms with Gasteiger partial charge in [-0.1, -0.05) is 30.3 Å². The van der Waals surface area contributed by atoms with Crippen molar-refractivity contribution in [3.8, 4) is 0 Å². The fourth-order valence-electron chi connectivity index (χ4n) is 1.25. The first-order chi connectivity index (χ1) is 6.86. The van der Waals surface area contributed by atoms with E-state index < -0.39 is 0 Å². The monoisotopic (exact) mass is 188 g/mol. The third kappa shape index (κ3) is 1.90. The van der Waals surface area contributed by atoms with Crippen molar-refractivity contribution in [1.29, 1.82) is 0 Å². The molecule has 0 atom stereocenters. The van der Waals surface area contributed by atoms with E-state index in [9.17, 15) is 0 Å². The van der Waals surface area contributed by atoms with Gasteiger partial charge in [0.15, 0.2) is 0 Å². The molecule has 1 aliphatic heterocycles. The number of rotatable bonds is 2. The molecule has 0 aliphatic carbocycles. The molecule has 0 bridgehead atoms. The molecule has 1 aliphatic rings. The van der Waals surface area contributed by atoms with Crippen LogP contribution in [0.1, 0.15) is 5.56 Å². The highest BCUT2D eigenvalue weighted by Crippen LogP contribution is 1.99. The van der Waals surface area contributed by atoms with Crippen molar-refractivity contribution in [1.82, 2.24) is 5.01 Å². The number of hydrogen-bond acceptors (Lipinski definition) is 4. The van der Waals surface area contributed by atoms with Gasteiger partial charge in [-0.15, -0.1) is 0 Å². The number of benzene rings is 1. The second kappa shape index (κ2) is 3.91. The van der Waals surface area contributed by atoms with Crippen LogP contribution in [0.4, 0.5) is 0 Å². The lowest BCUT2D eigenvalue weighted by Gasteiger charge is -2.08. The first kappa shape index (κ1) is 8.74. The molecule has 0 aromatic heterocycles. The average Bonchev–Trinajstić information content (AvgIpc) is 2.63. The van der Waals surface area contributed by atoms with Crippen LogP contribution in [0.2, 0.25) is 0 Å². The highest BCUT2D eigenvalue weighted by molar-refractivity contribution is 5.83.